The molecule has 0 aromatic carbocycles. The van der Waals surface area contributed by atoms with Gasteiger partial charge in [-0.25, -0.2) is 9.67 Å². The fourth-order valence-corrected chi connectivity index (χ4v) is 2.03. The van der Waals surface area contributed by atoms with E-state index in [0.717, 1.165) is 0 Å². The lowest BCUT2D eigenvalue weighted by molar-refractivity contribution is 0.398. The first-order valence-electron chi connectivity index (χ1n) is 6.80. The molecule has 120 valence electrons. The first kappa shape index (κ1) is 15.2. The zero-order chi connectivity index (χ0) is 17.3. The molecule has 3 aromatic heterocycles. The Bertz CT molecular complexity index is 1020. The van der Waals surface area contributed by atoms with Crippen LogP contribution in [0.15, 0.2) is 45.6 Å². The van der Waals surface area contributed by atoms with Crippen molar-refractivity contribution in [3.8, 4) is 17.8 Å². The monoisotopic (exact) mass is 324 g/mol. The van der Waals surface area contributed by atoms with Crippen molar-refractivity contribution in [1.82, 2.24) is 24.1 Å². The summed E-state index contributed by atoms with van der Waals surface area (Å²) in [6, 6.07) is 7.14. The minimum Gasteiger partial charge on any atom is -0.492 e. The summed E-state index contributed by atoms with van der Waals surface area (Å²) in [6.45, 7) is 0. The minimum absolute atomic E-state index is 0.113. The number of hydrogen-bond donors (Lipinski definition) is 1. The molecule has 0 saturated heterocycles. The SMILES string of the molecule is Cn1c(O)c(N=Nc2c(C#N)cnn2-c2ccccn2)c(=O)n1C. The molecule has 0 amide bonds. The fourth-order valence-electron chi connectivity index (χ4n) is 2.03. The Labute approximate surface area is 135 Å². The molecule has 3 heterocycles. The molecule has 0 aliphatic heterocycles. The lowest BCUT2D eigenvalue weighted by Crippen LogP contribution is -2.16. The van der Waals surface area contributed by atoms with E-state index in [1.165, 1.54) is 34.3 Å². The number of nitrogens with zero attached hydrogens (tertiary/aromatic N) is 8. The molecular formula is C14H12N8O2. The van der Waals surface area contributed by atoms with Gasteiger partial charge in [-0.3, -0.25) is 9.48 Å². The molecule has 0 radical (unpaired) electrons. The molecule has 0 unspecified atom stereocenters. The average molecular weight is 324 g/mol. The van der Waals surface area contributed by atoms with Crippen LogP contribution >= 0.6 is 0 Å². The summed E-state index contributed by atoms with van der Waals surface area (Å²) >= 11 is 0. The van der Waals surface area contributed by atoms with Crippen molar-refractivity contribution in [1.29, 1.82) is 5.26 Å². The van der Waals surface area contributed by atoms with Gasteiger partial charge in [0, 0.05) is 20.3 Å². The Balaban J connectivity index is 2.12. The van der Waals surface area contributed by atoms with Crippen LogP contribution in [0.1, 0.15) is 5.56 Å². The summed E-state index contributed by atoms with van der Waals surface area (Å²) in [4.78, 5) is 16.1. The third kappa shape index (κ3) is 2.34. The van der Waals surface area contributed by atoms with Gasteiger partial charge in [-0.1, -0.05) is 6.07 Å². The summed E-state index contributed by atoms with van der Waals surface area (Å²) < 4.78 is 3.75. The summed E-state index contributed by atoms with van der Waals surface area (Å²) in [5, 5.41) is 30.9. The number of hydrogen-bond acceptors (Lipinski definition) is 7. The highest BCUT2D eigenvalue weighted by Gasteiger charge is 2.17. The van der Waals surface area contributed by atoms with E-state index in [0.29, 0.717) is 5.82 Å². The van der Waals surface area contributed by atoms with Crippen LogP contribution in [0.3, 0.4) is 0 Å². The highest BCUT2D eigenvalue weighted by atomic mass is 16.3. The van der Waals surface area contributed by atoms with Crippen LogP contribution in [0, 0.1) is 11.3 Å². The van der Waals surface area contributed by atoms with Crippen LogP contribution in [-0.2, 0) is 14.1 Å². The molecule has 0 saturated carbocycles. The van der Waals surface area contributed by atoms with E-state index in [9.17, 15) is 15.2 Å². The van der Waals surface area contributed by atoms with Gasteiger partial charge >= 0.3 is 0 Å². The largest absolute Gasteiger partial charge is 0.492 e. The van der Waals surface area contributed by atoms with E-state index in [2.05, 4.69) is 20.3 Å². The van der Waals surface area contributed by atoms with Gasteiger partial charge in [0.05, 0.1) is 6.20 Å². The molecule has 0 bridgehead atoms. The summed E-state index contributed by atoms with van der Waals surface area (Å²) in [5.41, 5.74) is -0.574. The summed E-state index contributed by atoms with van der Waals surface area (Å²) in [5.74, 6) is 0.230. The first-order chi connectivity index (χ1) is 11.5. The van der Waals surface area contributed by atoms with E-state index in [1.54, 1.807) is 24.4 Å². The van der Waals surface area contributed by atoms with Crippen LogP contribution in [0.25, 0.3) is 5.82 Å². The van der Waals surface area contributed by atoms with Gasteiger partial charge in [0.2, 0.25) is 11.6 Å². The van der Waals surface area contributed by atoms with Gasteiger partial charge in [-0.15, -0.1) is 10.2 Å². The zero-order valence-corrected chi connectivity index (χ0v) is 12.8. The second-order valence-corrected chi connectivity index (χ2v) is 4.82. The van der Waals surface area contributed by atoms with Gasteiger partial charge in [-0.05, 0) is 12.1 Å². The second-order valence-electron chi connectivity index (χ2n) is 4.82. The number of pyridine rings is 1. The van der Waals surface area contributed by atoms with E-state index >= 15 is 0 Å². The van der Waals surface area contributed by atoms with E-state index in [-0.39, 0.29) is 22.9 Å². The molecule has 0 aliphatic carbocycles. The third-order valence-electron chi connectivity index (χ3n) is 3.44. The topological polar surface area (TPSA) is 126 Å². The van der Waals surface area contributed by atoms with Gasteiger partial charge in [0.25, 0.3) is 5.56 Å². The highest BCUT2D eigenvalue weighted by Crippen LogP contribution is 2.27. The van der Waals surface area contributed by atoms with E-state index in [1.807, 2.05) is 6.07 Å². The number of aromatic nitrogens is 5. The maximum atomic E-state index is 12.0. The summed E-state index contributed by atoms with van der Waals surface area (Å²) in [6.07, 6.45) is 2.90. The highest BCUT2D eigenvalue weighted by molar-refractivity contribution is 5.51. The predicted molar refractivity (Wildman–Crippen MR) is 82.6 cm³/mol. The molecule has 3 aromatic rings. The van der Waals surface area contributed by atoms with Crippen LogP contribution in [-0.4, -0.2) is 29.2 Å². The quantitative estimate of drug-likeness (QED) is 0.726. The molecule has 10 heteroatoms. The predicted octanol–water partition coefficient (Wildman–Crippen LogP) is 1.30. The number of azo groups is 1. The van der Waals surface area contributed by atoms with Gasteiger partial charge in [0.1, 0.15) is 11.6 Å². The maximum absolute atomic E-state index is 12.0. The van der Waals surface area contributed by atoms with Crippen LogP contribution < -0.4 is 5.56 Å². The number of rotatable bonds is 3. The molecule has 3 rings (SSSR count). The standard InChI is InChI=1S/C14H12N8O2/c1-20-13(23)11(14(24)21(20)2)18-19-12-9(7-15)8-17-22(12)10-5-3-4-6-16-10/h3-6,8,23H,1-2H3. The fraction of sp³-hybridized carbons (Fsp3) is 0.143. The van der Waals surface area contributed by atoms with Crippen molar-refractivity contribution in [3.05, 3.63) is 46.5 Å². The smallest absolute Gasteiger partial charge is 0.298 e. The number of aromatic hydroxyl groups is 1. The van der Waals surface area contributed by atoms with Crippen molar-refractivity contribution in [2.45, 2.75) is 0 Å². The molecule has 0 aliphatic rings. The Morgan fingerprint density at radius 3 is 2.62 bits per heavy atom. The van der Waals surface area contributed by atoms with Crippen LogP contribution in [0.4, 0.5) is 11.5 Å². The lowest BCUT2D eigenvalue weighted by Gasteiger charge is -2.01. The van der Waals surface area contributed by atoms with E-state index < -0.39 is 5.56 Å². The Morgan fingerprint density at radius 1 is 1.25 bits per heavy atom. The molecule has 10 nitrogen and oxygen atoms in total. The van der Waals surface area contributed by atoms with Gasteiger partial charge in [0.15, 0.2) is 11.6 Å². The number of nitriles is 1. The molecule has 1 N–H and O–H groups in total. The Kier molecular flexibility index (Phi) is 3.67. The normalized spacial score (nSPS) is 11.0. The second kappa shape index (κ2) is 5.81. The Morgan fingerprint density at radius 2 is 2.04 bits per heavy atom. The zero-order valence-electron chi connectivity index (χ0n) is 12.8. The van der Waals surface area contributed by atoms with Crippen molar-refractivity contribution in [2.75, 3.05) is 0 Å². The Hall–Kier alpha value is -3.74. The third-order valence-corrected chi connectivity index (χ3v) is 3.44. The maximum Gasteiger partial charge on any atom is 0.298 e. The van der Waals surface area contributed by atoms with Gasteiger partial charge < -0.3 is 5.11 Å². The summed E-state index contributed by atoms with van der Waals surface area (Å²) in [7, 11) is 2.99. The molecule has 0 atom stereocenters. The molecule has 24 heavy (non-hydrogen) atoms. The lowest BCUT2D eigenvalue weighted by atomic mass is 10.3. The van der Waals surface area contributed by atoms with Gasteiger partial charge in [-0.2, -0.15) is 15.0 Å². The average Bonchev–Trinajstić information content (AvgIpc) is 3.10. The molecular weight excluding hydrogens is 312 g/mol. The molecule has 0 spiro atoms. The van der Waals surface area contributed by atoms with Crippen molar-refractivity contribution < 1.29 is 5.11 Å². The molecule has 0 fully saturated rings. The van der Waals surface area contributed by atoms with Crippen LogP contribution in [0.2, 0.25) is 0 Å². The van der Waals surface area contributed by atoms with Crippen LogP contribution in [0.5, 0.6) is 5.88 Å². The van der Waals surface area contributed by atoms with Crippen molar-refractivity contribution >= 4 is 11.5 Å². The van der Waals surface area contributed by atoms with E-state index in [4.69, 9.17) is 0 Å². The van der Waals surface area contributed by atoms with Crippen molar-refractivity contribution in [2.24, 2.45) is 24.3 Å². The minimum atomic E-state index is -0.513. The van der Waals surface area contributed by atoms with Crippen molar-refractivity contribution in [3.63, 3.8) is 0 Å². The first-order valence-corrected chi connectivity index (χ1v) is 6.80.